The van der Waals surface area contributed by atoms with Gasteiger partial charge in [0.2, 0.25) is 0 Å². The summed E-state index contributed by atoms with van der Waals surface area (Å²) < 4.78 is 24.8. The van der Waals surface area contributed by atoms with Gasteiger partial charge in [-0.05, 0) is 18.6 Å². The van der Waals surface area contributed by atoms with E-state index in [0.717, 1.165) is 0 Å². The second kappa shape index (κ2) is 4.00. The molecule has 1 rings (SSSR count). The van der Waals surface area contributed by atoms with Gasteiger partial charge in [-0.1, -0.05) is 15.9 Å². The number of hydrogen-bond acceptors (Lipinski definition) is 2. The Hall–Kier alpha value is -0.710. The first-order valence-corrected chi connectivity index (χ1v) is 4.78. The van der Waals surface area contributed by atoms with E-state index in [4.69, 9.17) is 5.73 Å². The number of pyridine rings is 1. The summed E-state index contributed by atoms with van der Waals surface area (Å²) in [5.74, 6) is -0.0792. The number of nitrogen functional groups attached to an aromatic ring is 1. The fourth-order valence-corrected chi connectivity index (χ4v) is 1.42. The van der Waals surface area contributed by atoms with Crippen LogP contribution in [0.2, 0.25) is 0 Å². The van der Waals surface area contributed by atoms with E-state index in [1.54, 1.807) is 13.0 Å². The molecule has 0 amide bonds. The minimum Gasteiger partial charge on any atom is -0.383 e. The van der Waals surface area contributed by atoms with Gasteiger partial charge in [0.05, 0.1) is 11.3 Å². The van der Waals surface area contributed by atoms with Crippen LogP contribution in [0.15, 0.2) is 6.07 Å². The third-order valence-electron chi connectivity index (χ3n) is 1.70. The topological polar surface area (TPSA) is 38.9 Å². The average Bonchev–Trinajstić information content (AvgIpc) is 2.02. The lowest BCUT2D eigenvalue weighted by Crippen LogP contribution is -2.03. The van der Waals surface area contributed by atoms with E-state index >= 15 is 0 Å². The van der Waals surface area contributed by atoms with Gasteiger partial charge in [0.25, 0.3) is 6.43 Å². The molecule has 0 atom stereocenters. The van der Waals surface area contributed by atoms with Crippen molar-refractivity contribution in [2.45, 2.75) is 18.7 Å². The Balaban J connectivity index is 3.23. The van der Waals surface area contributed by atoms with Gasteiger partial charge in [0.15, 0.2) is 0 Å². The molecule has 0 aromatic carbocycles. The van der Waals surface area contributed by atoms with E-state index in [1.807, 2.05) is 0 Å². The Morgan fingerprint density at radius 3 is 2.62 bits per heavy atom. The molecule has 1 aromatic heterocycles. The lowest BCUT2D eigenvalue weighted by molar-refractivity contribution is 0.151. The molecule has 1 heterocycles. The molecule has 5 heteroatoms. The van der Waals surface area contributed by atoms with Crippen LogP contribution in [0, 0.1) is 6.92 Å². The Bertz CT molecular complexity index is 292. The largest absolute Gasteiger partial charge is 0.383 e. The zero-order chi connectivity index (χ0) is 10.0. The normalized spacial score (nSPS) is 10.8. The van der Waals surface area contributed by atoms with Crippen LogP contribution in [0.25, 0.3) is 0 Å². The maximum absolute atomic E-state index is 12.4. The molecule has 0 aliphatic carbocycles. The van der Waals surface area contributed by atoms with Gasteiger partial charge in [-0.3, -0.25) is 0 Å². The molecule has 0 bridgehead atoms. The number of nitrogens with zero attached hydrogens (tertiary/aromatic N) is 1. The smallest absolute Gasteiger partial charge is 0.267 e. The Morgan fingerprint density at radius 2 is 2.23 bits per heavy atom. The third-order valence-corrected chi connectivity index (χ3v) is 2.28. The predicted octanol–water partition coefficient (Wildman–Crippen LogP) is 2.80. The molecule has 2 N–H and O–H groups in total. The number of aromatic nitrogens is 1. The van der Waals surface area contributed by atoms with E-state index in [-0.39, 0.29) is 11.4 Å². The second-order valence-corrected chi connectivity index (χ2v) is 3.22. The molecular formula is C8H9BrF2N2. The fourth-order valence-electron chi connectivity index (χ4n) is 1.13. The molecule has 2 nitrogen and oxygen atoms in total. The van der Waals surface area contributed by atoms with Crippen LogP contribution in [0.3, 0.4) is 0 Å². The van der Waals surface area contributed by atoms with Crippen molar-refractivity contribution < 1.29 is 8.78 Å². The van der Waals surface area contributed by atoms with Gasteiger partial charge in [-0.15, -0.1) is 0 Å². The first-order chi connectivity index (χ1) is 6.06. The van der Waals surface area contributed by atoms with Crippen LogP contribution in [0.4, 0.5) is 14.6 Å². The lowest BCUT2D eigenvalue weighted by atomic mass is 10.1. The first kappa shape index (κ1) is 10.4. The SMILES string of the molecule is Cc1cc(CBr)nc(N)c1C(F)F. The number of aryl methyl sites for hydroxylation is 1. The molecule has 1 aromatic rings. The van der Waals surface area contributed by atoms with Gasteiger partial charge in [-0.25, -0.2) is 13.8 Å². The van der Waals surface area contributed by atoms with Crippen molar-refractivity contribution in [1.29, 1.82) is 0 Å². The summed E-state index contributed by atoms with van der Waals surface area (Å²) in [4.78, 5) is 3.82. The molecule has 0 saturated carbocycles. The first-order valence-electron chi connectivity index (χ1n) is 3.66. The summed E-state index contributed by atoms with van der Waals surface area (Å²) in [6.45, 7) is 1.60. The van der Waals surface area contributed by atoms with Crippen LogP contribution >= 0.6 is 15.9 Å². The summed E-state index contributed by atoms with van der Waals surface area (Å²) in [7, 11) is 0. The molecule has 0 saturated heterocycles. The monoisotopic (exact) mass is 250 g/mol. The van der Waals surface area contributed by atoms with E-state index in [2.05, 4.69) is 20.9 Å². The van der Waals surface area contributed by atoms with Crippen molar-refractivity contribution in [3.8, 4) is 0 Å². The molecule has 0 unspecified atom stereocenters. The molecular weight excluding hydrogens is 242 g/mol. The standard InChI is InChI=1S/C8H9BrF2N2/c1-4-2-5(3-9)13-8(12)6(4)7(10)11/h2,7H,3H2,1H3,(H2,12,13). The van der Waals surface area contributed by atoms with E-state index in [0.29, 0.717) is 16.6 Å². The van der Waals surface area contributed by atoms with Crippen LogP contribution in [-0.2, 0) is 5.33 Å². The molecule has 0 aliphatic heterocycles. The van der Waals surface area contributed by atoms with Gasteiger partial charge in [-0.2, -0.15) is 0 Å². The highest BCUT2D eigenvalue weighted by Gasteiger charge is 2.16. The minimum absolute atomic E-state index is 0.0792. The number of hydrogen-bond donors (Lipinski definition) is 1. The van der Waals surface area contributed by atoms with Crippen LogP contribution < -0.4 is 5.73 Å². The van der Waals surface area contributed by atoms with Crippen molar-refractivity contribution in [3.05, 3.63) is 22.9 Å². The highest BCUT2D eigenvalue weighted by Crippen LogP contribution is 2.27. The Labute approximate surface area is 83.3 Å². The Kier molecular flexibility index (Phi) is 3.19. The number of halogens is 3. The lowest BCUT2D eigenvalue weighted by Gasteiger charge is -2.08. The van der Waals surface area contributed by atoms with E-state index in [9.17, 15) is 8.78 Å². The van der Waals surface area contributed by atoms with E-state index < -0.39 is 6.43 Å². The summed E-state index contributed by atoms with van der Waals surface area (Å²) in [6, 6.07) is 1.60. The molecule has 13 heavy (non-hydrogen) atoms. The van der Waals surface area contributed by atoms with Gasteiger partial charge in [0.1, 0.15) is 5.82 Å². The zero-order valence-corrected chi connectivity index (χ0v) is 8.61. The predicted molar refractivity (Wildman–Crippen MR) is 51.0 cm³/mol. The van der Waals surface area contributed by atoms with Gasteiger partial charge in [0, 0.05) is 5.33 Å². The summed E-state index contributed by atoms with van der Waals surface area (Å²) in [5, 5.41) is 0.515. The molecule has 0 fully saturated rings. The quantitative estimate of drug-likeness (QED) is 0.821. The Morgan fingerprint density at radius 1 is 1.62 bits per heavy atom. The van der Waals surface area contributed by atoms with Crippen molar-refractivity contribution in [2.24, 2.45) is 0 Å². The highest BCUT2D eigenvalue weighted by atomic mass is 79.9. The number of anilines is 1. The molecule has 0 aliphatic rings. The van der Waals surface area contributed by atoms with Crippen molar-refractivity contribution in [2.75, 3.05) is 5.73 Å². The third kappa shape index (κ3) is 2.15. The van der Waals surface area contributed by atoms with E-state index in [1.165, 1.54) is 0 Å². The van der Waals surface area contributed by atoms with Gasteiger partial charge < -0.3 is 5.73 Å². The zero-order valence-electron chi connectivity index (χ0n) is 7.02. The summed E-state index contributed by atoms with van der Waals surface area (Å²) in [6.07, 6.45) is -2.56. The van der Waals surface area contributed by atoms with Crippen molar-refractivity contribution in [3.63, 3.8) is 0 Å². The van der Waals surface area contributed by atoms with Crippen LogP contribution in [0.5, 0.6) is 0 Å². The highest BCUT2D eigenvalue weighted by molar-refractivity contribution is 9.08. The minimum atomic E-state index is -2.56. The second-order valence-electron chi connectivity index (χ2n) is 2.66. The number of alkyl halides is 3. The van der Waals surface area contributed by atoms with Crippen LogP contribution in [0.1, 0.15) is 23.2 Å². The van der Waals surface area contributed by atoms with Crippen LogP contribution in [-0.4, -0.2) is 4.98 Å². The van der Waals surface area contributed by atoms with Gasteiger partial charge >= 0.3 is 0 Å². The van der Waals surface area contributed by atoms with Crippen molar-refractivity contribution in [1.82, 2.24) is 4.98 Å². The maximum Gasteiger partial charge on any atom is 0.267 e. The summed E-state index contributed by atoms with van der Waals surface area (Å²) >= 11 is 3.18. The molecule has 0 radical (unpaired) electrons. The molecule has 0 spiro atoms. The summed E-state index contributed by atoms with van der Waals surface area (Å²) in [5.41, 5.74) is 6.37. The number of rotatable bonds is 2. The maximum atomic E-state index is 12.4. The molecule has 72 valence electrons. The number of nitrogens with two attached hydrogens (primary N) is 1. The van der Waals surface area contributed by atoms with Crippen molar-refractivity contribution >= 4 is 21.7 Å². The average molecular weight is 251 g/mol. The fraction of sp³-hybridized carbons (Fsp3) is 0.375.